The van der Waals surface area contributed by atoms with Crippen LogP contribution in [0.5, 0.6) is 5.75 Å². The average molecular weight is 218 g/mol. The molecule has 0 radical (unpaired) electrons. The lowest BCUT2D eigenvalue weighted by molar-refractivity contribution is 0.404. The minimum absolute atomic E-state index is 0.140. The number of hydrogen-bond donors (Lipinski definition) is 0. The Morgan fingerprint density at radius 3 is 2.88 bits per heavy atom. The van der Waals surface area contributed by atoms with Crippen LogP contribution in [0.4, 0.5) is 4.39 Å². The molecule has 80 valence electrons. The van der Waals surface area contributed by atoms with Gasteiger partial charge in [-0.15, -0.1) is 0 Å². The molecule has 4 nitrogen and oxygen atoms in total. The van der Waals surface area contributed by atoms with Crippen LogP contribution in [0, 0.1) is 17.1 Å². The van der Waals surface area contributed by atoms with Crippen molar-refractivity contribution in [2.45, 2.75) is 0 Å². The van der Waals surface area contributed by atoms with Crippen LogP contribution in [0.1, 0.15) is 5.69 Å². The van der Waals surface area contributed by atoms with Gasteiger partial charge in [-0.1, -0.05) is 5.16 Å². The quantitative estimate of drug-likeness (QED) is 0.776. The maximum atomic E-state index is 13.1. The van der Waals surface area contributed by atoms with E-state index in [1.165, 1.54) is 31.4 Å². The van der Waals surface area contributed by atoms with Crippen LogP contribution in [-0.4, -0.2) is 12.3 Å². The molecule has 16 heavy (non-hydrogen) atoms. The molecule has 2 aromatic rings. The first-order valence-corrected chi connectivity index (χ1v) is 4.45. The number of hydrogen-bond acceptors (Lipinski definition) is 4. The zero-order chi connectivity index (χ0) is 11.5. The van der Waals surface area contributed by atoms with Gasteiger partial charge in [-0.3, -0.25) is 0 Å². The third kappa shape index (κ3) is 1.73. The molecule has 0 amide bonds. The van der Waals surface area contributed by atoms with Gasteiger partial charge >= 0.3 is 0 Å². The van der Waals surface area contributed by atoms with Gasteiger partial charge in [0, 0.05) is 6.07 Å². The van der Waals surface area contributed by atoms with Gasteiger partial charge in [0.1, 0.15) is 17.6 Å². The molecule has 0 unspecified atom stereocenters. The highest BCUT2D eigenvalue weighted by atomic mass is 19.1. The fourth-order valence-corrected chi connectivity index (χ4v) is 1.33. The van der Waals surface area contributed by atoms with Crippen molar-refractivity contribution in [1.29, 1.82) is 5.26 Å². The Balaban J connectivity index is 2.54. The summed E-state index contributed by atoms with van der Waals surface area (Å²) in [4.78, 5) is 0. The van der Waals surface area contributed by atoms with Crippen LogP contribution < -0.4 is 4.74 Å². The van der Waals surface area contributed by atoms with E-state index in [0.29, 0.717) is 17.1 Å². The number of aromatic nitrogens is 1. The number of methoxy groups -OCH3 is 1. The van der Waals surface area contributed by atoms with Gasteiger partial charge in [0.15, 0.2) is 11.5 Å². The molecule has 1 aromatic carbocycles. The molecule has 1 aromatic heterocycles. The first-order chi connectivity index (χ1) is 7.74. The van der Waals surface area contributed by atoms with Crippen molar-refractivity contribution in [3.8, 4) is 23.1 Å². The Hall–Kier alpha value is -2.35. The van der Waals surface area contributed by atoms with E-state index in [0.717, 1.165) is 0 Å². The first kappa shape index (κ1) is 10.2. The van der Waals surface area contributed by atoms with Gasteiger partial charge in [0.05, 0.1) is 12.7 Å². The smallest absolute Gasteiger partial charge is 0.184 e. The SMILES string of the molecule is COc1ccc(F)cc1-c1cc(C#N)no1. The number of nitrogens with zero attached hydrogens (tertiary/aromatic N) is 2. The predicted octanol–water partition coefficient (Wildman–Crippen LogP) is 2.36. The largest absolute Gasteiger partial charge is 0.496 e. The molecule has 0 spiro atoms. The molecule has 0 atom stereocenters. The van der Waals surface area contributed by atoms with Gasteiger partial charge < -0.3 is 9.26 Å². The minimum Gasteiger partial charge on any atom is -0.496 e. The zero-order valence-corrected chi connectivity index (χ0v) is 8.40. The molecule has 2 rings (SSSR count). The van der Waals surface area contributed by atoms with Crippen molar-refractivity contribution in [3.63, 3.8) is 0 Å². The topological polar surface area (TPSA) is 59.0 Å². The fourth-order valence-electron chi connectivity index (χ4n) is 1.33. The Bertz CT molecular complexity index is 557. The fraction of sp³-hybridized carbons (Fsp3) is 0.0909. The lowest BCUT2D eigenvalue weighted by Gasteiger charge is -2.04. The normalized spacial score (nSPS) is 9.81. The third-order valence-corrected chi connectivity index (χ3v) is 2.05. The Kier molecular flexibility index (Phi) is 2.56. The molecule has 1 heterocycles. The van der Waals surface area contributed by atoms with Crippen LogP contribution in [0.2, 0.25) is 0 Å². The number of rotatable bonds is 2. The Morgan fingerprint density at radius 1 is 1.44 bits per heavy atom. The Morgan fingerprint density at radius 2 is 2.25 bits per heavy atom. The van der Waals surface area contributed by atoms with Gasteiger partial charge in [0.2, 0.25) is 0 Å². The highest BCUT2D eigenvalue weighted by Gasteiger charge is 2.12. The number of nitriles is 1. The molecule has 0 aliphatic heterocycles. The van der Waals surface area contributed by atoms with E-state index in [1.807, 2.05) is 6.07 Å². The summed E-state index contributed by atoms with van der Waals surface area (Å²) >= 11 is 0. The summed E-state index contributed by atoms with van der Waals surface area (Å²) in [5, 5.41) is 12.1. The number of benzene rings is 1. The molecule has 0 bridgehead atoms. The number of halogens is 1. The second-order valence-electron chi connectivity index (χ2n) is 3.03. The first-order valence-electron chi connectivity index (χ1n) is 4.45. The second kappa shape index (κ2) is 4.03. The summed E-state index contributed by atoms with van der Waals surface area (Å²) < 4.78 is 23.1. The monoisotopic (exact) mass is 218 g/mol. The minimum atomic E-state index is -0.411. The maximum Gasteiger partial charge on any atom is 0.184 e. The van der Waals surface area contributed by atoms with Gasteiger partial charge in [0.25, 0.3) is 0 Å². The number of ether oxygens (including phenoxy) is 1. The molecule has 0 fully saturated rings. The van der Waals surface area contributed by atoms with Gasteiger partial charge in [-0.05, 0) is 18.2 Å². The molecule has 0 aliphatic rings. The van der Waals surface area contributed by atoms with E-state index in [9.17, 15) is 4.39 Å². The molecule has 0 saturated heterocycles. The van der Waals surface area contributed by atoms with E-state index in [2.05, 4.69) is 5.16 Å². The van der Waals surface area contributed by atoms with Crippen LogP contribution in [0.15, 0.2) is 28.8 Å². The van der Waals surface area contributed by atoms with E-state index < -0.39 is 5.82 Å². The van der Waals surface area contributed by atoms with Gasteiger partial charge in [-0.2, -0.15) is 5.26 Å². The van der Waals surface area contributed by atoms with Crippen molar-refractivity contribution in [2.75, 3.05) is 7.11 Å². The molecule has 0 aliphatic carbocycles. The predicted molar refractivity (Wildman–Crippen MR) is 53.2 cm³/mol. The van der Waals surface area contributed by atoms with Crippen molar-refractivity contribution >= 4 is 0 Å². The van der Waals surface area contributed by atoms with E-state index in [-0.39, 0.29) is 5.69 Å². The summed E-state index contributed by atoms with van der Waals surface area (Å²) in [6.45, 7) is 0. The van der Waals surface area contributed by atoms with Crippen molar-refractivity contribution in [3.05, 3.63) is 35.8 Å². The highest BCUT2D eigenvalue weighted by Crippen LogP contribution is 2.30. The molecule has 0 N–H and O–H groups in total. The van der Waals surface area contributed by atoms with E-state index in [4.69, 9.17) is 14.5 Å². The maximum absolute atomic E-state index is 13.1. The zero-order valence-electron chi connectivity index (χ0n) is 8.40. The summed E-state index contributed by atoms with van der Waals surface area (Å²) in [5.41, 5.74) is 0.567. The summed E-state index contributed by atoms with van der Waals surface area (Å²) in [6.07, 6.45) is 0. The van der Waals surface area contributed by atoms with Crippen LogP contribution in [0.25, 0.3) is 11.3 Å². The van der Waals surface area contributed by atoms with Gasteiger partial charge in [-0.25, -0.2) is 4.39 Å². The van der Waals surface area contributed by atoms with E-state index >= 15 is 0 Å². The Labute approximate surface area is 90.9 Å². The standard InChI is InChI=1S/C11H7FN2O2/c1-15-10-3-2-7(12)4-9(10)11-5-8(6-13)14-16-11/h2-5H,1H3. The van der Waals surface area contributed by atoms with Crippen molar-refractivity contribution < 1.29 is 13.7 Å². The van der Waals surface area contributed by atoms with Crippen LogP contribution in [-0.2, 0) is 0 Å². The molecular formula is C11H7FN2O2. The highest BCUT2D eigenvalue weighted by molar-refractivity contribution is 5.66. The summed E-state index contributed by atoms with van der Waals surface area (Å²) in [7, 11) is 1.47. The second-order valence-corrected chi connectivity index (χ2v) is 3.03. The van der Waals surface area contributed by atoms with E-state index in [1.54, 1.807) is 0 Å². The van der Waals surface area contributed by atoms with Crippen molar-refractivity contribution in [1.82, 2.24) is 5.16 Å². The average Bonchev–Trinajstić information content (AvgIpc) is 2.77. The molecule has 0 saturated carbocycles. The van der Waals surface area contributed by atoms with Crippen molar-refractivity contribution in [2.24, 2.45) is 0 Å². The van der Waals surface area contributed by atoms with Crippen LogP contribution in [0.3, 0.4) is 0 Å². The lowest BCUT2D eigenvalue weighted by Crippen LogP contribution is -1.88. The molecular weight excluding hydrogens is 211 g/mol. The molecule has 5 heteroatoms. The van der Waals surface area contributed by atoms with Crippen LogP contribution >= 0.6 is 0 Å². The lowest BCUT2D eigenvalue weighted by atomic mass is 10.1. The summed E-state index contributed by atoms with van der Waals surface area (Å²) in [5.74, 6) is 0.348. The summed E-state index contributed by atoms with van der Waals surface area (Å²) in [6, 6.07) is 7.29. The third-order valence-electron chi connectivity index (χ3n) is 2.05.